The summed E-state index contributed by atoms with van der Waals surface area (Å²) in [6.07, 6.45) is 6.50. The maximum Gasteiger partial charge on any atom is 0.177 e. The second kappa shape index (κ2) is 3.77. The van der Waals surface area contributed by atoms with Crippen molar-refractivity contribution in [1.82, 2.24) is 24.5 Å². The topological polar surface area (TPSA) is 48.5 Å². The molecule has 0 amide bonds. The van der Waals surface area contributed by atoms with Gasteiger partial charge in [-0.25, -0.2) is 4.98 Å². The van der Waals surface area contributed by atoms with E-state index in [1.807, 2.05) is 35.0 Å². The van der Waals surface area contributed by atoms with Crippen LogP contribution < -0.4 is 0 Å². The minimum Gasteiger partial charge on any atom is -0.319 e. The lowest BCUT2D eigenvalue weighted by atomic mass is 10.3. The van der Waals surface area contributed by atoms with E-state index in [9.17, 15) is 0 Å². The summed E-state index contributed by atoms with van der Waals surface area (Å²) in [5.74, 6) is 0. The molecule has 0 aliphatic carbocycles. The van der Waals surface area contributed by atoms with Crippen LogP contribution in [0.1, 0.15) is 0 Å². The van der Waals surface area contributed by atoms with Gasteiger partial charge in [-0.05, 0) is 12.1 Å². The molecule has 0 saturated heterocycles. The Labute approximate surface area is 92.3 Å². The number of nitrogens with zero attached hydrogens (tertiary/aromatic N) is 5. The highest BCUT2D eigenvalue weighted by atomic mass is 15.4. The molecule has 1 aromatic carbocycles. The van der Waals surface area contributed by atoms with Crippen molar-refractivity contribution in [1.29, 1.82) is 0 Å². The summed E-state index contributed by atoms with van der Waals surface area (Å²) < 4.78 is 3.79. The van der Waals surface area contributed by atoms with Gasteiger partial charge in [0.1, 0.15) is 0 Å². The monoisotopic (exact) mass is 212 g/mol. The fraction of sp³-hybridized carbons (Fsp3) is 0.182. The number of benzene rings is 1. The van der Waals surface area contributed by atoms with Crippen molar-refractivity contribution in [3.8, 4) is 0 Å². The van der Waals surface area contributed by atoms with Gasteiger partial charge in [0.05, 0.1) is 23.8 Å². The van der Waals surface area contributed by atoms with Gasteiger partial charge in [-0.15, -0.1) is 5.10 Å². The summed E-state index contributed by atoms with van der Waals surface area (Å²) in [7, 11) is 0. The van der Waals surface area contributed by atoms with Crippen LogP contribution >= 0.6 is 0 Å². The van der Waals surface area contributed by atoms with E-state index in [2.05, 4.69) is 21.6 Å². The zero-order valence-electron chi connectivity index (χ0n) is 8.61. The average molecular weight is 212 g/mol. The van der Waals surface area contributed by atoms with Crippen molar-refractivity contribution in [2.24, 2.45) is 0 Å². The Morgan fingerprint density at radius 3 is 3.00 bits per heavy atom. The fourth-order valence-corrected chi connectivity index (χ4v) is 1.68. The molecule has 0 unspecified atom stereocenters. The zero-order valence-corrected chi connectivity index (χ0v) is 8.61. The third-order valence-electron chi connectivity index (χ3n) is 2.49. The van der Waals surface area contributed by atoms with Crippen LogP contribution in [0.2, 0.25) is 0 Å². The Morgan fingerprint density at radius 2 is 2.12 bits per heavy atom. The van der Waals surface area contributed by atoms with Crippen molar-refractivity contribution in [3.05, 3.63) is 43.0 Å². The Hall–Kier alpha value is -2.17. The second-order valence-electron chi connectivity index (χ2n) is 3.52. The molecule has 2 aromatic heterocycles. The molecule has 0 fully saturated rings. The van der Waals surface area contributed by atoms with E-state index in [0.29, 0.717) is 0 Å². The number of aryl methyl sites for hydroxylation is 2. The molecule has 16 heavy (non-hydrogen) atoms. The van der Waals surface area contributed by atoms with E-state index in [0.717, 1.165) is 24.1 Å². The van der Waals surface area contributed by atoms with Crippen molar-refractivity contribution in [3.63, 3.8) is 0 Å². The highest BCUT2D eigenvalue weighted by Gasteiger charge is 2.01. The van der Waals surface area contributed by atoms with E-state index >= 15 is 0 Å². The third-order valence-corrected chi connectivity index (χ3v) is 2.49. The van der Waals surface area contributed by atoms with Crippen LogP contribution in [0.15, 0.2) is 36.7 Å². The summed E-state index contributed by atoms with van der Waals surface area (Å²) in [5, 5.41) is 7.68. The van der Waals surface area contributed by atoms with Gasteiger partial charge in [0, 0.05) is 12.7 Å². The van der Waals surface area contributed by atoms with Gasteiger partial charge in [-0.3, -0.25) is 4.68 Å². The van der Waals surface area contributed by atoms with Crippen LogP contribution in [0.3, 0.4) is 0 Å². The molecule has 5 heteroatoms. The van der Waals surface area contributed by atoms with Gasteiger partial charge in [0.25, 0.3) is 0 Å². The van der Waals surface area contributed by atoms with E-state index in [-0.39, 0.29) is 0 Å². The van der Waals surface area contributed by atoms with Crippen molar-refractivity contribution >= 4 is 11.0 Å². The summed E-state index contributed by atoms with van der Waals surface area (Å²) >= 11 is 0. The molecule has 0 aliphatic rings. The molecule has 3 rings (SSSR count). The smallest absolute Gasteiger partial charge is 0.177 e. The van der Waals surface area contributed by atoms with Gasteiger partial charge >= 0.3 is 0 Å². The predicted octanol–water partition coefficient (Wildman–Crippen LogP) is 1.13. The molecule has 79 valence electrons. The minimum absolute atomic E-state index is 0.775. The molecule has 0 atom stereocenters. The van der Waals surface area contributed by atoms with Crippen LogP contribution in [0, 0.1) is 6.33 Å². The number of rotatable bonds is 3. The number of imidazole rings is 1. The van der Waals surface area contributed by atoms with Crippen molar-refractivity contribution in [2.75, 3.05) is 0 Å². The van der Waals surface area contributed by atoms with Gasteiger partial charge in [0.2, 0.25) is 0 Å². The number of hydrogen-bond acceptors (Lipinski definition) is 3. The zero-order chi connectivity index (χ0) is 10.8. The molecule has 1 radical (unpaired) electrons. The average Bonchev–Trinajstić information content (AvgIpc) is 2.96. The standard InChI is InChI=1S/C11H10N5/c1-2-4-11-10(3-1)12-9-15(11)7-8-16-6-5-13-14-16/h1-6H,7-8H2. The minimum atomic E-state index is 0.775. The third kappa shape index (κ3) is 1.56. The first-order valence-electron chi connectivity index (χ1n) is 5.10. The molecule has 2 heterocycles. The highest BCUT2D eigenvalue weighted by molar-refractivity contribution is 5.74. The van der Waals surface area contributed by atoms with Crippen LogP contribution in [0.5, 0.6) is 0 Å². The molecule has 0 N–H and O–H groups in total. The number of fused-ring (bicyclic) bond motifs is 1. The van der Waals surface area contributed by atoms with E-state index in [4.69, 9.17) is 0 Å². The van der Waals surface area contributed by atoms with Crippen molar-refractivity contribution < 1.29 is 0 Å². The summed E-state index contributed by atoms with van der Waals surface area (Å²) in [6, 6.07) is 8.01. The molecule has 0 aliphatic heterocycles. The first-order valence-corrected chi connectivity index (χ1v) is 5.10. The fourth-order valence-electron chi connectivity index (χ4n) is 1.68. The normalized spacial score (nSPS) is 11.0. The highest BCUT2D eigenvalue weighted by Crippen LogP contribution is 2.10. The summed E-state index contributed by atoms with van der Waals surface area (Å²) in [6.45, 7) is 1.57. The van der Waals surface area contributed by atoms with Gasteiger partial charge in [-0.1, -0.05) is 17.3 Å². The second-order valence-corrected chi connectivity index (χ2v) is 3.52. The lowest BCUT2D eigenvalue weighted by Crippen LogP contribution is -2.07. The van der Waals surface area contributed by atoms with Crippen LogP contribution in [-0.2, 0) is 13.1 Å². The maximum absolute atomic E-state index is 4.21. The van der Waals surface area contributed by atoms with E-state index < -0.39 is 0 Å². The first-order chi connectivity index (χ1) is 7.93. The molecular formula is C11H10N5. The molecule has 5 nitrogen and oxygen atoms in total. The van der Waals surface area contributed by atoms with Crippen LogP contribution in [0.25, 0.3) is 11.0 Å². The SMILES string of the molecule is [c]1nc2ccccc2n1CCn1ccnn1. The Bertz CT molecular complexity index is 581. The maximum atomic E-state index is 4.21. The van der Waals surface area contributed by atoms with Gasteiger partial charge in [-0.2, -0.15) is 0 Å². The molecular weight excluding hydrogens is 202 g/mol. The Morgan fingerprint density at radius 1 is 1.19 bits per heavy atom. The van der Waals surface area contributed by atoms with E-state index in [1.165, 1.54) is 0 Å². The Kier molecular flexibility index (Phi) is 2.14. The van der Waals surface area contributed by atoms with Crippen molar-refractivity contribution in [2.45, 2.75) is 13.1 Å². The first kappa shape index (κ1) is 9.08. The molecule has 3 aromatic rings. The Balaban J connectivity index is 1.84. The molecule has 0 bridgehead atoms. The lowest BCUT2D eigenvalue weighted by Gasteiger charge is -2.02. The predicted molar refractivity (Wildman–Crippen MR) is 58.6 cm³/mol. The van der Waals surface area contributed by atoms with Gasteiger partial charge in [0.15, 0.2) is 6.33 Å². The number of aromatic nitrogens is 5. The van der Waals surface area contributed by atoms with E-state index in [1.54, 1.807) is 10.9 Å². The largest absolute Gasteiger partial charge is 0.319 e. The molecule has 0 spiro atoms. The lowest BCUT2D eigenvalue weighted by molar-refractivity contribution is 0.524. The van der Waals surface area contributed by atoms with Gasteiger partial charge < -0.3 is 4.57 Å². The number of hydrogen-bond donors (Lipinski definition) is 0. The van der Waals surface area contributed by atoms with Crippen LogP contribution in [0.4, 0.5) is 0 Å². The summed E-state index contributed by atoms with van der Waals surface area (Å²) in [5.41, 5.74) is 2.07. The quantitative estimate of drug-likeness (QED) is 0.653. The van der Waals surface area contributed by atoms with Crippen LogP contribution in [-0.4, -0.2) is 24.5 Å². The molecule has 0 saturated carbocycles. The summed E-state index contributed by atoms with van der Waals surface area (Å²) in [4.78, 5) is 4.21. The number of para-hydroxylation sites is 2.